The maximum Gasteiger partial charge on any atom is 0.191 e. The molecule has 1 aromatic heterocycles. The van der Waals surface area contributed by atoms with Crippen LogP contribution in [0.3, 0.4) is 0 Å². The average molecular weight is 513 g/mol. The van der Waals surface area contributed by atoms with Crippen LogP contribution >= 0.6 is 24.0 Å². The number of rotatable bonds is 8. The van der Waals surface area contributed by atoms with E-state index in [0.717, 1.165) is 23.8 Å². The van der Waals surface area contributed by atoms with E-state index in [2.05, 4.69) is 67.5 Å². The van der Waals surface area contributed by atoms with E-state index < -0.39 is 0 Å². The summed E-state index contributed by atoms with van der Waals surface area (Å²) in [5.74, 6) is 2.21. The molecule has 1 atom stereocenters. The molecule has 1 unspecified atom stereocenters. The quantitative estimate of drug-likeness (QED) is 0.243. The molecule has 0 fully saturated rings. The Labute approximate surface area is 192 Å². The molecule has 0 saturated heterocycles. The van der Waals surface area contributed by atoms with Gasteiger partial charge < -0.3 is 15.4 Å². The number of halogens is 1. The molecule has 2 N–H and O–H groups in total. The second kappa shape index (κ2) is 12.0. The van der Waals surface area contributed by atoms with Gasteiger partial charge in [-0.3, -0.25) is 9.67 Å². The average Bonchev–Trinajstić information content (AvgIpc) is 2.90. The molecular weight excluding hydrogens is 477 g/mol. The Hall–Kier alpha value is -1.77. The summed E-state index contributed by atoms with van der Waals surface area (Å²) in [5, 5.41) is 11.3. The lowest BCUT2D eigenvalue weighted by Crippen LogP contribution is -2.44. The largest absolute Gasteiger partial charge is 0.492 e. The first-order chi connectivity index (χ1) is 13.3. The number of benzene rings is 1. The molecule has 0 aliphatic carbocycles. The minimum absolute atomic E-state index is 0. The van der Waals surface area contributed by atoms with Crippen LogP contribution in [0.4, 0.5) is 0 Å². The van der Waals surface area contributed by atoms with Crippen molar-refractivity contribution in [3.63, 3.8) is 0 Å². The summed E-state index contributed by atoms with van der Waals surface area (Å²) in [7, 11) is 3.77. The number of guanidine groups is 1. The first kappa shape index (κ1) is 25.3. The number of ether oxygens (including phenoxy) is 1. The van der Waals surface area contributed by atoms with Crippen molar-refractivity contribution >= 4 is 29.9 Å². The van der Waals surface area contributed by atoms with Crippen LogP contribution < -0.4 is 15.4 Å². The molecule has 1 aromatic carbocycles. The number of aromatic nitrogens is 2. The van der Waals surface area contributed by atoms with E-state index in [-0.39, 0.29) is 30.0 Å². The predicted octanol–water partition coefficient (Wildman–Crippen LogP) is 3.95. The van der Waals surface area contributed by atoms with Crippen LogP contribution in [0.5, 0.6) is 5.75 Å². The molecule has 0 radical (unpaired) electrons. The number of hydrogen-bond donors (Lipinski definition) is 2. The zero-order chi connectivity index (χ0) is 20.7. The van der Waals surface area contributed by atoms with Crippen LogP contribution in [0.1, 0.15) is 49.2 Å². The number of nitrogens with zero attached hydrogens (tertiary/aromatic N) is 3. The van der Waals surface area contributed by atoms with Crippen LogP contribution in [0.15, 0.2) is 29.3 Å². The molecule has 29 heavy (non-hydrogen) atoms. The Morgan fingerprint density at radius 3 is 2.34 bits per heavy atom. The van der Waals surface area contributed by atoms with E-state index in [1.54, 1.807) is 7.05 Å². The normalized spacial score (nSPS) is 12.5. The van der Waals surface area contributed by atoms with Crippen LogP contribution in [0.25, 0.3) is 0 Å². The van der Waals surface area contributed by atoms with Crippen molar-refractivity contribution in [2.45, 2.75) is 53.0 Å². The Morgan fingerprint density at radius 1 is 1.17 bits per heavy atom. The van der Waals surface area contributed by atoms with Gasteiger partial charge in [0, 0.05) is 25.8 Å². The summed E-state index contributed by atoms with van der Waals surface area (Å²) in [6.45, 7) is 12.0. The van der Waals surface area contributed by atoms with Crippen LogP contribution in [-0.2, 0) is 13.5 Å². The molecular formula is C22H36IN5O. The molecule has 0 aliphatic heterocycles. The SMILES string of the molecule is CN=C(NCCOc1ccc(C(C)C)cc1)NC(C)Cc1c(C)nn(C)c1C.I. The Kier molecular flexibility index (Phi) is 10.5. The van der Waals surface area contributed by atoms with Crippen molar-refractivity contribution in [3.8, 4) is 5.75 Å². The third-order valence-electron chi connectivity index (χ3n) is 4.99. The lowest BCUT2D eigenvalue weighted by Gasteiger charge is -2.18. The maximum absolute atomic E-state index is 5.81. The molecule has 162 valence electrons. The summed E-state index contributed by atoms with van der Waals surface area (Å²) in [5.41, 5.74) is 4.92. The topological polar surface area (TPSA) is 63.5 Å². The number of nitrogens with one attached hydrogen (secondary N) is 2. The van der Waals surface area contributed by atoms with Crippen LogP contribution in [0.2, 0.25) is 0 Å². The monoisotopic (exact) mass is 513 g/mol. The highest BCUT2D eigenvalue weighted by atomic mass is 127. The molecule has 2 rings (SSSR count). The van der Waals surface area contributed by atoms with E-state index in [9.17, 15) is 0 Å². The molecule has 6 nitrogen and oxygen atoms in total. The van der Waals surface area contributed by atoms with Crippen LogP contribution in [-0.4, -0.2) is 42.0 Å². The molecule has 0 spiro atoms. The molecule has 2 aromatic rings. The van der Waals surface area contributed by atoms with Crippen molar-refractivity contribution in [2.75, 3.05) is 20.2 Å². The van der Waals surface area contributed by atoms with Gasteiger partial charge in [-0.2, -0.15) is 5.10 Å². The highest BCUT2D eigenvalue weighted by molar-refractivity contribution is 14.0. The highest BCUT2D eigenvalue weighted by Crippen LogP contribution is 2.18. The molecule has 0 aliphatic rings. The Morgan fingerprint density at radius 2 is 1.83 bits per heavy atom. The van der Waals surface area contributed by atoms with E-state index in [1.165, 1.54) is 16.8 Å². The number of aliphatic imine (C=N–C) groups is 1. The molecule has 0 saturated carbocycles. The first-order valence-corrected chi connectivity index (χ1v) is 10.0. The third kappa shape index (κ3) is 7.53. The zero-order valence-electron chi connectivity index (χ0n) is 18.7. The Balaban J connectivity index is 0.00000420. The van der Waals surface area contributed by atoms with Crippen molar-refractivity contribution < 1.29 is 4.74 Å². The van der Waals surface area contributed by atoms with E-state index in [4.69, 9.17) is 4.74 Å². The Bertz CT molecular complexity index is 783. The maximum atomic E-state index is 5.81. The second-order valence-corrected chi connectivity index (χ2v) is 7.59. The van der Waals surface area contributed by atoms with Crippen molar-refractivity contribution in [1.82, 2.24) is 20.4 Å². The molecule has 7 heteroatoms. The van der Waals surface area contributed by atoms with Gasteiger partial charge >= 0.3 is 0 Å². The molecule has 0 amide bonds. The minimum Gasteiger partial charge on any atom is -0.492 e. The van der Waals surface area contributed by atoms with Gasteiger partial charge in [0.25, 0.3) is 0 Å². The number of aryl methyl sites for hydroxylation is 2. The minimum atomic E-state index is 0. The zero-order valence-corrected chi connectivity index (χ0v) is 21.1. The summed E-state index contributed by atoms with van der Waals surface area (Å²) in [6, 6.07) is 8.56. The fraction of sp³-hybridized carbons (Fsp3) is 0.545. The number of hydrogen-bond acceptors (Lipinski definition) is 3. The van der Waals surface area contributed by atoms with E-state index >= 15 is 0 Å². The summed E-state index contributed by atoms with van der Waals surface area (Å²) in [6.07, 6.45) is 0.908. The lowest BCUT2D eigenvalue weighted by molar-refractivity contribution is 0.321. The summed E-state index contributed by atoms with van der Waals surface area (Å²) < 4.78 is 7.75. The van der Waals surface area contributed by atoms with Crippen molar-refractivity contribution in [3.05, 3.63) is 46.8 Å². The highest BCUT2D eigenvalue weighted by Gasteiger charge is 2.13. The van der Waals surface area contributed by atoms with Gasteiger partial charge in [0.05, 0.1) is 12.2 Å². The van der Waals surface area contributed by atoms with Crippen LogP contribution in [0, 0.1) is 13.8 Å². The van der Waals surface area contributed by atoms with E-state index in [1.807, 2.05) is 23.9 Å². The molecule has 0 bridgehead atoms. The predicted molar refractivity (Wildman–Crippen MR) is 132 cm³/mol. The van der Waals surface area contributed by atoms with Crippen molar-refractivity contribution in [1.29, 1.82) is 0 Å². The molecule has 1 heterocycles. The fourth-order valence-electron chi connectivity index (χ4n) is 3.19. The third-order valence-corrected chi connectivity index (χ3v) is 4.99. The summed E-state index contributed by atoms with van der Waals surface area (Å²) >= 11 is 0. The van der Waals surface area contributed by atoms with Gasteiger partial charge in [-0.25, -0.2) is 0 Å². The standard InChI is InChI=1S/C22H35N5O.HI/c1-15(2)19-8-10-20(11-9-19)28-13-12-24-22(23-6)25-16(3)14-21-17(4)26-27(7)18(21)5;/h8-11,15-16H,12-14H2,1-7H3,(H2,23,24,25);1H. The van der Waals surface area contributed by atoms with Gasteiger partial charge in [0.2, 0.25) is 0 Å². The summed E-state index contributed by atoms with van der Waals surface area (Å²) in [4.78, 5) is 4.31. The van der Waals surface area contributed by atoms with Gasteiger partial charge in [0.1, 0.15) is 12.4 Å². The van der Waals surface area contributed by atoms with E-state index in [0.29, 0.717) is 19.1 Å². The fourth-order valence-corrected chi connectivity index (χ4v) is 3.19. The van der Waals surface area contributed by atoms with Gasteiger partial charge in [-0.05, 0) is 56.4 Å². The van der Waals surface area contributed by atoms with Gasteiger partial charge in [0.15, 0.2) is 5.96 Å². The first-order valence-electron chi connectivity index (χ1n) is 10.0. The lowest BCUT2D eigenvalue weighted by atomic mass is 10.0. The smallest absolute Gasteiger partial charge is 0.191 e. The van der Waals surface area contributed by atoms with Crippen molar-refractivity contribution in [2.24, 2.45) is 12.0 Å². The second-order valence-electron chi connectivity index (χ2n) is 7.59. The van der Waals surface area contributed by atoms with Gasteiger partial charge in [-0.15, -0.1) is 24.0 Å². The van der Waals surface area contributed by atoms with Gasteiger partial charge in [-0.1, -0.05) is 26.0 Å².